The maximum Gasteiger partial charge on any atom is 0.191 e. The van der Waals surface area contributed by atoms with Gasteiger partial charge in [0.05, 0.1) is 19.8 Å². The van der Waals surface area contributed by atoms with E-state index in [2.05, 4.69) is 48.9 Å². The fourth-order valence-corrected chi connectivity index (χ4v) is 4.83. The first-order valence-electron chi connectivity index (χ1n) is 9.30. The Morgan fingerprint density at radius 3 is 2.71 bits per heavy atom. The zero-order chi connectivity index (χ0) is 19.3. The molecular formula is C21H22BrN3O2S. The van der Waals surface area contributed by atoms with Crippen molar-refractivity contribution in [1.29, 1.82) is 0 Å². The number of rotatable bonds is 7. The number of hydrogen-bond acceptors (Lipinski definition) is 5. The third kappa shape index (κ3) is 4.42. The van der Waals surface area contributed by atoms with E-state index in [1.807, 2.05) is 30.3 Å². The average molecular weight is 460 g/mol. The molecule has 0 radical (unpaired) electrons. The molecule has 1 atom stereocenters. The Labute approximate surface area is 177 Å². The van der Waals surface area contributed by atoms with Gasteiger partial charge >= 0.3 is 0 Å². The molecule has 1 aliphatic rings. The normalized spacial score (nSPS) is 16.4. The maximum atomic E-state index is 5.88. The third-order valence-corrected chi connectivity index (χ3v) is 6.58. The van der Waals surface area contributed by atoms with Crippen LogP contribution in [0.4, 0.5) is 0 Å². The molecule has 1 fully saturated rings. The summed E-state index contributed by atoms with van der Waals surface area (Å²) in [6, 6.07) is 16.2. The second kappa shape index (κ2) is 9.11. The van der Waals surface area contributed by atoms with Gasteiger partial charge in [0.2, 0.25) is 0 Å². The standard InChI is InChI=1S/C21H22BrN3O2S/c1-26-17-10-8-15(9-11-17)20-23-24-21(25(20)13-18-6-4-12-27-18)28-14-16-5-2-3-7-19(16)22/h2-3,5,7-11,18H,4,6,12-14H2,1H3. The van der Waals surface area contributed by atoms with Gasteiger partial charge in [-0.05, 0) is 48.7 Å². The predicted octanol–water partition coefficient (Wildman–Crippen LogP) is 5.19. The van der Waals surface area contributed by atoms with Crippen LogP contribution in [0.5, 0.6) is 5.75 Å². The van der Waals surface area contributed by atoms with Gasteiger partial charge in [-0.1, -0.05) is 45.9 Å². The fourth-order valence-electron chi connectivity index (χ4n) is 3.26. The number of nitrogens with zero attached hydrogens (tertiary/aromatic N) is 3. The predicted molar refractivity (Wildman–Crippen MR) is 115 cm³/mol. The highest BCUT2D eigenvalue weighted by atomic mass is 79.9. The van der Waals surface area contributed by atoms with Crippen molar-refractivity contribution < 1.29 is 9.47 Å². The van der Waals surface area contributed by atoms with Crippen LogP contribution in [-0.4, -0.2) is 34.6 Å². The minimum atomic E-state index is 0.218. The zero-order valence-electron chi connectivity index (χ0n) is 15.7. The van der Waals surface area contributed by atoms with E-state index >= 15 is 0 Å². The molecule has 146 valence electrons. The molecule has 0 spiro atoms. The first-order valence-corrected chi connectivity index (χ1v) is 11.1. The number of hydrogen-bond donors (Lipinski definition) is 0. The Hall–Kier alpha value is -1.83. The van der Waals surface area contributed by atoms with Gasteiger partial charge in [0.1, 0.15) is 5.75 Å². The summed E-state index contributed by atoms with van der Waals surface area (Å²) >= 11 is 5.33. The van der Waals surface area contributed by atoms with Gasteiger partial charge in [0.25, 0.3) is 0 Å². The summed E-state index contributed by atoms with van der Waals surface area (Å²) in [7, 11) is 1.67. The Bertz CT molecular complexity index is 924. The molecule has 2 aromatic carbocycles. The number of thioether (sulfide) groups is 1. The van der Waals surface area contributed by atoms with E-state index in [0.717, 1.165) is 58.5 Å². The number of ether oxygens (including phenoxy) is 2. The average Bonchev–Trinajstić information content (AvgIpc) is 3.38. The smallest absolute Gasteiger partial charge is 0.191 e. The minimum Gasteiger partial charge on any atom is -0.497 e. The molecule has 28 heavy (non-hydrogen) atoms. The largest absolute Gasteiger partial charge is 0.497 e. The lowest BCUT2D eigenvalue weighted by Crippen LogP contribution is -2.16. The molecule has 7 heteroatoms. The van der Waals surface area contributed by atoms with E-state index in [0.29, 0.717) is 0 Å². The van der Waals surface area contributed by atoms with Crippen molar-refractivity contribution in [1.82, 2.24) is 14.8 Å². The van der Waals surface area contributed by atoms with Crippen LogP contribution in [0, 0.1) is 0 Å². The highest BCUT2D eigenvalue weighted by Crippen LogP contribution is 2.30. The molecule has 0 bridgehead atoms. The molecule has 1 aliphatic heterocycles. The van der Waals surface area contributed by atoms with Crippen molar-refractivity contribution in [2.24, 2.45) is 0 Å². The van der Waals surface area contributed by atoms with Gasteiger partial charge in [-0.2, -0.15) is 0 Å². The zero-order valence-corrected chi connectivity index (χ0v) is 18.1. The lowest BCUT2D eigenvalue weighted by molar-refractivity contribution is 0.0953. The van der Waals surface area contributed by atoms with Crippen LogP contribution >= 0.6 is 27.7 Å². The van der Waals surface area contributed by atoms with E-state index < -0.39 is 0 Å². The second-order valence-electron chi connectivity index (χ2n) is 6.66. The topological polar surface area (TPSA) is 49.2 Å². The molecule has 0 saturated carbocycles. The van der Waals surface area contributed by atoms with E-state index in [9.17, 15) is 0 Å². The second-order valence-corrected chi connectivity index (χ2v) is 8.46. The van der Waals surface area contributed by atoms with Crippen LogP contribution in [0.15, 0.2) is 58.2 Å². The van der Waals surface area contributed by atoms with Gasteiger partial charge in [0, 0.05) is 22.4 Å². The molecule has 5 nitrogen and oxygen atoms in total. The van der Waals surface area contributed by atoms with Crippen molar-refractivity contribution in [2.45, 2.75) is 36.4 Å². The Morgan fingerprint density at radius 1 is 1.18 bits per heavy atom. The van der Waals surface area contributed by atoms with Crippen molar-refractivity contribution in [3.05, 3.63) is 58.6 Å². The first-order chi connectivity index (χ1) is 13.7. The molecule has 3 aromatic rings. The van der Waals surface area contributed by atoms with Crippen LogP contribution in [-0.2, 0) is 17.0 Å². The Kier molecular flexibility index (Phi) is 6.34. The van der Waals surface area contributed by atoms with Crippen LogP contribution in [0.2, 0.25) is 0 Å². The summed E-state index contributed by atoms with van der Waals surface area (Å²) in [5, 5.41) is 9.91. The molecule has 1 saturated heterocycles. The fraction of sp³-hybridized carbons (Fsp3) is 0.333. The number of halogens is 1. The van der Waals surface area contributed by atoms with Crippen molar-refractivity contribution in [3.8, 4) is 17.1 Å². The SMILES string of the molecule is COc1ccc(-c2nnc(SCc3ccccc3Br)n2CC2CCCO2)cc1. The molecule has 0 amide bonds. The molecule has 2 heterocycles. The highest BCUT2D eigenvalue weighted by Gasteiger charge is 2.22. The van der Waals surface area contributed by atoms with E-state index in [-0.39, 0.29) is 6.10 Å². The van der Waals surface area contributed by atoms with E-state index in [1.165, 1.54) is 5.56 Å². The third-order valence-electron chi connectivity index (χ3n) is 4.79. The summed E-state index contributed by atoms with van der Waals surface area (Å²) < 4.78 is 14.5. The van der Waals surface area contributed by atoms with Gasteiger partial charge in [0.15, 0.2) is 11.0 Å². The van der Waals surface area contributed by atoms with Crippen LogP contribution in [0.25, 0.3) is 11.4 Å². The Balaban J connectivity index is 1.61. The molecule has 0 N–H and O–H groups in total. The highest BCUT2D eigenvalue weighted by molar-refractivity contribution is 9.10. The summed E-state index contributed by atoms with van der Waals surface area (Å²) in [5.74, 6) is 2.53. The van der Waals surface area contributed by atoms with E-state index in [4.69, 9.17) is 9.47 Å². The van der Waals surface area contributed by atoms with Gasteiger partial charge in [-0.15, -0.1) is 10.2 Å². The first kappa shape index (κ1) is 19.5. The lowest BCUT2D eigenvalue weighted by Gasteiger charge is -2.15. The molecule has 4 rings (SSSR count). The van der Waals surface area contributed by atoms with Gasteiger partial charge in [-0.25, -0.2) is 0 Å². The Morgan fingerprint density at radius 2 is 2.00 bits per heavy atom. The number of benzene rings is 2. The van der Waals surface area contributed by atoms with Gasteiger partial charge < -0.3 is 9.47 Å². The van der Waals surface area contributed by atoms with Crippen LogP contribution in [0.3, 0.4) is 0 Å². The quantitative estimate of drug-likeness (QED) is 0.455. The summed E-state index contributed by atoms with van der Waals surface area (Å²) in [6.45, 7) is 1.61. The molecule has 1 aromatic heterocycles. The van der Waals surface area contributed by atoms with Crippen molar-refractivity contribution in [3.63, 3.8) is 0 Å². The van der Waals surface area contributed by atoms with Crippen LogP contribution in [0.1, 0.15) is 18.4 Å². The molecule has 0 aliphatic carbocycles. The van der Waals surface area contributed by atoms with Gasteiger partial charge in [-0.3, -0.25) is 4.57 Å². The monoisotopic (exact) mass is 459 g/mol. The molecule has 1 unspecified atom stereocenters. The minimum absolute atomic E-state index is 0.218. The molecular weight excluding hydrogens is 438 g/mol. The summed E-state index contributed by atoms with van der Waals surface area (Å²) in [5.41, 5.74) is 2.27. The number of methoxy groups -OCH3 is 1. The summed E-state index contributed by atoms with van der Waals surface area (Å²) in [4.78, 5) is 0. The van der Waals surface area contributed by atoms with Crippen molar-refractivity contribution >= 4 is 27.7 Å². The summed E-state index contributed by atoms with van der Waals surface area (Å²) in [6.07, 6.45) is 2.41. The van der Waals surface area contributed by atoms with E-state index in [1.54, 1.807) is 18.9 Å². The lowest BCUT2D eigenvalue weighted by atomic mass is 10.2. The number of aromatic nitrogens is 3. The van der Waals surface area contributed by atoms with Crippen LogP contribution < -0.4 is 4.74 Å². The van der Waals surface area contributed by atoms with Crippen molar-refractivity contribution in [2.75, 3.05) is 13.7 Å². The maximum absolute atomic E-state index is 5.88.